The summed E-state index contributed by atoms with van der Waals surface area (Å²) in [5.41, 5.74) is 18.2. The summed E-state index contributed by atoms with van der Waals surface area (Å²) in [7, 11) is 0. The minimum atomic E-state index is -1.18. The molecular weight excluding hydrogens is 402 g/mol. The molecule has 0 unspecified atom stereocenters. The monoisotopic (exact) mass is 431 g/mol. The van der Waals surface area contributed by atoms with E-state index in [1.54, 1.807) is 6.20 Å². The molecule has 0 radical (unpaired) electrons. The van der Waals surface area contributed by atoms with Gasteiger partial charge in [0.2, 0.25) is 11.8 Å². The number of carbonyl (C=O) groups excluding carboxylic acids is 2. The van der Waals surface area contributed by atoms with E-state index in [1.807, 2.05) is 24.3 Å². The van der Waals surface area contributed by atoms with Crippen LogP contribution < -0.4 is 27.8 Å². The van der Waals surface area contributed by atoms with Crippen LogP contribution in [0.2, 0.25) is 0 Å². The van der Waals surface area contributed by atoms with E-state index in [2.05, 4.69) is 20.6 Å². The number of carboxylic acid groups (broad SMARTS) is 1. The molecule has 168 valence electrons. The van der Waals surface area contributed by atoms with Crippen molar-refractivity contribution in [1.82, 2.24) is 15.6 Å². The number of rotatable bonds is 11. The molecule has 0 saturated heterocycles. The number of guanidine groups is 1. The number of fused-ring (bicyclic) bond motifs is 1. The van der Waals surface area contributed by atoms with Crippen molar-refractivity contribution in [3.05, 3.63) is 36.0 Å². The molecular formula is C20H29N7O4. The Kier molecular flexibility index (Phi) is 8.38. The molecule has 2 aromatic rings. The number of aromatic amines is 1. The number of nitrogens with one attached hydrogen (secondary N) is 3. The van der Waals surface area contributed by atoms with Gasteiger partial charge in [0, 0.05) is 30.1 Å². The van der Waals surface area contributed by atoms with Crippen LogP contribution in [0.25, 0.3) is 10.9 Å². The average molecular weight is 431 g/mol. The van der Waals surface area contributed by atoms with E-state index in [4.69, 9.17) is 22.3 Å². The van der Waals surface area contributed by atoms with Crippen LogP contribution in [0.1, 0.15) is 25.3 Å². The fourth-order valence-corrected chi connectivity index (χ4v) is 3.03. The van der Waals surface area contributed by atoms with Gasteiger partial charge in [-0.2, -0.15) is 0 Å². The predicted molar refractivity (Wildman–Crippen MR) is 117 cm³/mol. The standard InChI is InChI=1S/C20H29N7O4/c1-11(19(30)31)26-18(29)16(9-12-10-25-15-7-3-2-5-13(12)15)27-17(28)14(21)6-4-8-24-20(22)23/h2-3,5,7,10-11,14,16,25H,4,6,8-9,21H2,1H3,(H,26,29)(H,27,28)(H,30,31)(H4,22,23,24)/t11-,14-,16-/m0/s1. The van der Waals surface area contributed by atoms with Gasteiger partial charge < -0.3 is 37.9 Å². The van der Waals surface area contributed by atoms with Gasteiger partial charge in [-0.3, -0.25) is 19.4 Å². The fraction of sp³-hybridized carbons (Fsp3) is 0.400. The lowest BCUT2D eigenvalue weighted by Crippen LogP contribution is -2.54. The van der Waals surface area contributed by atoms with Crippen LogP contribution in [-0.4, -0.2) is 58.5 Å². The van der Waals surface area contributed by atoms with E-state index in [-0.39, 0.29) is 12.4 Å². The molecule has 1 aromatic carbocycles. The summed E-state index contributed by atoms with van der Waals surface area (Å²) in [5, 5.41) is 15.0. The molecule has 31 heavy (non-hydrogen) atoms. The van der Waals surface area contributed by atoms with Gasteiger partial charge in [0.25, 0.3) is 0 Å². The van der Waals surface area contributed by atoms with Crippen molar-refractivity contribution >= 4 is 34.6 Å². The van der Waals surface area contributed by atoms with E-state index in [9.17, 15) is 14.4 Å². The van der Waals surface area contributed by atoms with E-state index in [0.29, 0.717) is 19.4 Å². The number of hydrogen-bond acceptors (Lipinski definition) is 5. The Bertz CT molecular complexity index is 952. The Morgan fingerprint density at radius 1 is 1.16 bits per heavy atom. The highest BCUT2D eigenvalue weighted by Crippen LogP contribution is 2.19. The number of H-pyrrole nitrogens is 1. The molecule has 1 aromatic heterocycles. The summed E-state index contributed by atoms with van der Waals surface area (Å²) in [6, 6.07) is 4.56. The normalized spacial score (nSPS) is 13.7. The lowest BCUT2D eigenvalue weighted by molar-refractivity contribution is -0.141. The van der Waals surface area contributed by atoms with Gasteiger partial charge in [-0.1, -0.05) is 18.2 Å². The molecule has 2 rings (SSSR count). The van der Waals surface area contributed by atoms with E-state index >= 15 is 0 Å². The minimum Gasteiger partial charge on any atom is -0.480 e. The van der Waals surface area contributed by atoms with Crippen molar-refractivity contribution in [1.29, 1.82) is 0 Å². The lowest BCUT2D eigenvalue weighted by atomic mass is 10.0. The van der Waals surface area contributed by atoms with Crippen molar-refractivity contribution in [2.45, 2.75) is 44.3 Å². The molecule has 0 fully saturated rings. The summed E-state index contributed by atoms with van der Waals surface area (Å²) < 4.78 is 0. The highest BCUT2D eigenvalue weighted by molar-refractivity contribution is 5.92. The van der Waals surface area contributed by atoms with Crippen LogP contribution in [0.3, 0.4) is 0 Å². The Morgan fingerprint density at radius 2 is 1.87 bits per heavy atom. The number of aliphatic carboxylic acids is 1. The molecule has 0 aliphatic heterocycles. The SMILES string of the molecule is C[C@H](NC(=O)[C@H](Cc1c[nH]c2ccccc12)NC(=O)[C@@H](N)CCCN=C(N)N)C(=O)O. The zero-order chi connectivity index (χ0) is 23.0. The van der Waals surface area contributed by atoms with Gasteiger partial charge in [-0.25, -0.2) is 0 Å². The number of carbonyl (C=O) groups is 3. The van der Waals surface area contributed by atoms with Crippen molar-refractivity contribution in [2.75, 3.05) is 6.54 Å². The van der Waals surface area contributed by atoms with E-state index < -0.39 is 35.9 Å². The van der Waals surface area contributed by atoms with Gasteiger partial charge in [0.1, 0.15) is 12.1 Å². The van der Waals surface area contributed by atoms with E-state index in [0.717, 1.165) is 16.5 Å². The van der Waals surface area contributed by atoms with Crippen LogP contribution in [0.5, 0.6) is 0 Å². The molecule has 10 N–H and O–H groups in total. The maximum absolute atomic E-state index is 12.7. The number of para-hydroxylation sites is 1. The molecule has 0 aliphatic rings. The molecule has 11 heteroatoms. The van der Waals surface area contributed by atoms with Gasteiger partial charge in [0.05, 0.1) is 6.04 Å². The van der Waals surface area contributed by atoms with Gasteiger partial charge >= 0.3 is 5.97 Å². The van der Waals surface area contributed by atoms with Crippen molar-refractivity contribution < 1.29 is 19.5 Å². The van der Waals surface area contributed by atoms with Crippen LogP contribution in [0.4, 0.5) is 0 Å². The van der Waals surface area contributed by atoms with Gasteiger partial charge in [0.15, 0.2) is 5.96 Å². The second kappa shape index (κ2) is 11.0. The zero-order valence-electron chi connectivity index (χ0n) is 17.3. The number of benzene rings is 1. The third-order valence-electron chi connectivity index (χ3n) is 4.77. The first-order valence-electron chi connectivity index (χ1n) is 9.88. The molecule has 0 aliphatic carbocycles. The maximum Gasteiger partial charge on any atom is 0.325 e. The number of aliphatic imine (C=N–C) groups is 1. The lowest BCUT2D eigenvalue weighted by Gasteiger charge is -2.22. The number of amides is 2. The Hall–Kier alpha value is -3.60. The van der Waals surface area contributed by atoms with Crippen LogP contribution >= 0.6 is 0 Å². The van der Waals surface area contributed by atoms with Gasteiger partial charge in [-0.15, -0.1) is 0 Å². The summed E-state index contributed by atoms with van der Waals surface area (Å²) in [4.78, 5) is 43.4. The summed E-state index contributed by atoms with van der Waals surface area (Å²) in [6.45, 7) is 1.68. The third-order valence-corrected chi connectivity index (χ3v) is 4.77. The second-order valence-corrected chi connectivity index (χ2v) is 7.25. The minimum absolute atomic E-state index is 0.0407. The first kappa shape index (κ1) is 23.7. The van der Waals surface area contributed by atoms with Crippen LogP contribution in [-0.2, 0) is 20.8 Å². The van der Waals surface area contributed by atoms with Gasteiger partial charge in [-0.05, 0) is 31.4 Å². The third kappa shape index (κ3) is 7.00. The molecule has 0 spiro atoms. The largest absolute Gasteiger partial charge is 0.480 e. The summed E-state index contributed by atoms with van der Waals surface area (Å²) in [5.74, 6) is -2.35. The summed E-state index contributed by atoms with van der Waals surface area (Å²) >= 11 is 0. The maximum atomic E-state index is 12.7. The predicted octanol–water partition coefficient (Wildman–Crippen LogP) is -0.835. The highest BCUT2D eigenvalue weighted by Gasteiger charge is 2.27. The number of hydrogen-bond donors (Lipinski definition) is 7. The Morgan fingerprint density at radius 3 is 2.55 bits per heavy atom. The fourth-order valence-electron chi connectivity index (χ4n) is 3.03. The molecule has 2 amide bonds. The number of nitrogens with zero attached hydrogens (tertiary/aromatic N) is 1. The number of nitrogens with two attached hydrogens (primary N) is 3. The van der Waals surface area contributed by atoms with Crippen molar-refractivity contribution in [3.63, 3.8) is 0 Å². The first-order chi connectivity index (χ1) is 14.7. The molecule has 3 atom stereocenters. The van der Waals surface area contributed by atoms with Crippen molar-refractivity contribution in [3.8, 4) is 0 Å². The highest BCUT2D eigenvalue weighted by atomic mass is 16.4. The van der Waals surface area contributed by atoms with Crippen LogP contribution in [0.15, 0.2) is 35.5 Å². The molecule has 0 bridgehead atoms. The second-order valence-electron chi connectivity index (χ2n) is 7.25. The summed E-state index contributed by atoms with van der Waals surface area (Å²) in [6.07, 6.45) is 2.72. The Balaban J connectivity index is 2.11. The molecule has 1 heterocycles. The Labute approximate surface area is 179 Å². The smallest absolute Gasteiger partial charge is 0.325 e. The average Bonchev–Trinajstić information content (AvgIpc) is 3.13. The molecule has 0 saturated carbocycles. The zero-order valence-corrected chi connectivity index (χ0v) is 17.3. The number of carboxylic acids is 1. The topological polar surface area (TPSA) is 202 Å². The van der Waals surface area contributed by atoms with Crippen molar-refractivity contribution in [2.24, 2.45) is 22.2 Å². The number of aromatic nitrogens is 1. The molecule has 11 nitrogen and oxygen atoms in total. The van der Waals surface area contributed by atoms with E-state index in [1.165, 1.54) is 6.92 Å². The van der Waals surface area contributed by atoms with Crippen LogP contribution in [0, 0.1) is 0 Å². The quantitative estimate of drug-likeness (QED) is 0.136. The first-order valence-corrected chi connectivity index (χ1v) is 9.88.